The van der Waals surface area contributed by atoms with E-state index in [4.69, 9.17) is 0 Å². The third-order valence-electron chi connectivity index (χ3n) is 6.87. The smallest absolute Gasteiger partial charge is 0.00227 e. The molecule has 4 rings (SSSR count). The molecule has 0 aliphatic carbocycles. The quantitative estimate of drug-likeness (QED) is 0.208. The summed E-state index contributed by atoms with van der Waals surface area (Å²) < 4.78 is 0. The number of allylic oxidation sites excluding steroid dienone is 1. The highest BCUT2D eigenvalue weighted by Gasteiger charge is 2.09. The molecule has 0 radical (unpaired) electrons. The summed E-state index contributed by atoms with van der Waals surface area (Å²) in [5.41, 5.74) is 14.0. The first-order valence-corrected chi connectivity index (χ1v) is 13.0. The van der Waals surface area contributed by atoms with E-state index in [1.807, 2.05) is 6.08 Å². The van der Waals surface area contributed by atoms with Gasteiger partial charge in [0.1, 0.15) is 0 Å². The Morgan fingerprint density at radius 2 is 1.29 bits per heavy atom. The molecule has 0 heteroatoms. The number of rotatable bonds is 10. The summed E-state index contributed by atoms with van der Waals surface area (Å²) >= 11 is 0. The first-order valence-electron chi connectivity index (χ1n) is 13.0. The molecule has 0 spiro atoms. The second kappa shape index (κ2) is 11.8. The topological polar surface area (TPSA) is 0 Å². The van der Waals surface area contributed by atoms with Crippen molar-refractivity contribution in [2.45, 2.75) is 59.3 Å². The molecule has 0 aromatic heterocycles. The van der Waals surface area contributed by atoms with Gasteiger partial charge in [-0.3, -0.25) is 0 Å². The summed E-state index contributed by atoms with van der Waals surface area (Å²) in [4.78, 5) is 0. The lowest BCUT2D eigenvalue weighted by Gasteiger charge is -2.14. The predicted octanol–water partition coefficient (Wildman–Crippen LogP) is 8.76. The van der Waals surface area contributed by atoms with Crippen LogP contribution < -0.4 is 0 Å². The Kier molecular flexibility index (Phi) is 8.37. The Bertz CT molecular complexity index is 1280. The fraction of sp³-hybridized carbons (Fsp3) is 0.257. The largest absolute Gasteiger partial charge is 0.103 e. The molecule has 0 N–H and O–H groups in total. The Morgan fingerprint density at radius 1 is 0.571 bits per heavy atom. The maximum Gasteiger partial charge on any atom is -0.00227 e. The maximum absolute atomic E-state index is 3.88. The molecule has 0 saturated carbocycles. The Morgan fingerprint density at radius 3 is 2.03 bits per heavy atom. The number of hydrogen-bond donors (Lipinski definition) is 0. The van der Waals surface area contributed by atoms with Crippen LogP contribution in [0, 0.1) is 13.8 Å². The lowest BCUT2D eigenvalue weighted by molar-refractivity contribution is 0.956. The average molecular weight is 459 g/mol. The fourth-order valence-electron chi connectivity index (χ4n) is 5.14. The van der Waals surface area contributed by atoms with Gasteiger partial charge in [0.25, 0.3) is 0 Å². The van der Waals surface area contributed by atoms with Gasteiger partial charge in [-0.05, 0) is 96.9 Å². The van der Waals surface area contributed by atoms with Crippen molar-refractivity contribution in [1.82, 2.24) is 0 Å². The summed E-state index contributed by atoms with van der Waals surface area (Å²) in [5, 5.41) is 0. The fourth-order valence-corrected chi connectivity index (χ4v) is 5.14. The monoisotopic (exact) mass is 458 g/mol. The van der Waals surface area contributed by atoms with Crippen molar-refractivity contribution >= 4 is 0 Å². The number of aryl methyl sites for hydroxylation is 4. The van der Waals surface area contributed by atoms with Crippen molar-refractivity contribution in [2.75, 3.05) is 0 Å². The molecule has 0 fully saturated rings. The van der Waals surface area contributed by atoms with E-state index in [1.165, 1.54) is 55.6 Å². The lowest BCUT2D eigenvalue weighted by atomic mass is 9.91. The van der Waals surface area contributed by atoms with Crippen LogP contribution in [-0.2, 0) is 32.1 Å². The van der Waals surface area contributed by atoms with E-state index in [0.717, 1.165) is 38.5 Å². The first kappa shape index (κ1) is 24.7. The first-order chi connectivity index (χ1) is 17.0. The highest BCUT2D eigenvalue weighted by Crippen LogP contribution is 2.23. The van der Waals surface area contributed by atoms with Crippen molar-refractivity contribution in [1.29, 1.82) is 0 Å². The molecular formula is C35H38. The standard InChI is InChI=1S/C35H38/c1-5-7-13-33-17-15-29(24-32(33)6-2)21-30-18-27(4)19-31(22-30)25-34-16-14-26(3)20-35(34)23-28-11-9-8-10-12-28/h5,8-12,14-20,22,24H,1,6-7,13,21,23,25H2,2-4H3. The Balaban J connectivity index is 1.56. The number of benzene rings is 4. The highest BCUT2D eigenvalue weighted by atomic mass is 14.1. The van der Waals surface area contributed by atoms with Gasteiger partial charge in [0.15, 0.2) is 0 Å². The van der Waals surface area contributed by atoms with Crippen LogP contribution in [0.25, 0.3) is 0 Å². The molecule has 0 nitrogen and oxygen atoms in total. The zero-order chi connectivity index (χ0) is 24.6. The zero-order valence-corrected chi connectivity index (χ0v) is 21.6. The van der Waals surface area contributed by atoms with Crippen LogP contribution in [-0.4, -0.2) is 0 Å². The van der Waals surface area contributed by atoms with Gasteiger partial charge in [-0.25, -0.2) is 0 Å². The van der Waals surface area contributed by atoms with E-state index in [0.29, 0.717) is 0 Å². The second-order valence-electron chi connectivity index (χ2n) is 9.90. The molecule has 0 amide bonds. The van der Waals surface area contributed by atoms with Crippen molar-refractivity contribution in [3.63, 3.8) is 0 Å². The van der Waals surface area contributed by atoms with Gasteiger partial charge in [-0.15, -0.1) is 6.58 Å². The van der Waals surface area contributed by atoms with Crippen LogP contribution in [0.3, 0.4) is 0 Å². The third-order valence-corrected chi connectivity index (χ3v) is 6.87. The molecule has 0 aliphatic rings. The minimum absolute atomic E-state index is 0.970. The average Bonchev–Trinajstić information content (AvgIpc) is 2.85. The maximum atomic E-state index is 3.88. The summed E-state index contributed by atoms with van der Waals surface area (Å²) in [6.07, 6.45) is 8.15. The van der Waals surface area contributed by atoms with E-state index >= 15 is 0 Å². The Labute approximate surface area is 212 Å². The third kappa shape index (κ3) is 6.83. The van der Waals surface area contributed by atoms with E-state index in [1.54, 1.807) is 0 Å². The van der Waals surface area contributed by atoms with Crippen LogP contribution in [0.4, 0.5) is 0 Å². The minimum atomic E-state index is 0.970. The Hall–Kier alpha value is -3.38. The van der Waals surface area contributed by atoms with Crippen molar-refractivity contribution < 1.29 is 0 Å². The molecule has 4 aromatic carbocycles. The van der Waals surface area contributed by atoms with Gasteiger partial charge in [0, 0.05) is 0 Å². The van der Waals surface area contributed by atoms with Gasteiger partial charge >= 0.3 is 0 Å². The summed E-state index contributed by atoms with van der Waals surface area (Å²) in [6.45, 7) is 10.6. The van der Waals surface area contributed by atoms with Gasteiger partial charge < -0.3 is 0 Å². The van der Waals surface area contributed by atoms with Crippen LogP contribution >= 0.6 is 0 Å². The van der Waals surface area contributed by atoms with Crippen molar-refractivity contribution in [3.05, 3.63) is 153 Å². The summed E-state index contributed by atoms with van der Waals surface area (Å²) in [7, 11) is 0. The van der Waals surface area contributed by atoms with Crippen LogP contribution in [0.2, 0.25) is 0 Å². The van der Waals surface area contributed by atoms with Crippen LogP contribution in [0.1, 0.15) is 69.0 Å². The molecule has 0 heterocycles. The molecule has 0 atom stereocenters. The highest BCUT2D eigenvalue weighted by molar-refractivity contribution is 5.42. The molecule has 0 unspecified atom stereocenters. The van der Waals surface area contributed by atoms with E-state index in [-0.39, 0.29) is 0 Å². The number of hydrogen-bond acceptors (Lipinski definition) is 0. The van der Waals surface area contributed by atoms with Crippen molar-refractivity contribution in [2.24, 2.45) is 0 Å². The van der Waals surface area contributed by atoms with E-state index in [2.05, 4.69) is 112 Å². The zero-order valence-electron chi connectivity index (χ0n) is 21.6. The SMILES string of the molecule is C=CCCc1ccc(Cc2cc(C)cc(Cc3ccc(C)cc3Cc3ccccc3)c2)cc1CC. The van der Waals surface area contributed by atoms with Crippen molar-refractivity contribution in [3.8, 4) is 0 Å². The molecule has 4 aromatic rings. The van der Waals surface area contributed by atoms with Gasteiger partial charge in [-0.1, -0.05) is 109 Å². The molecule has 0 bridgehead atoms. The summed E-state index contributed by atoms with van der Waals surface area (Å²) in [5.74, 6) is 0. The van der Waals surface area contributed by atoms with Gasteiger partial charge in [0.2, 0.25) is 0 Å². The van der Waals surface area contributed by atoms with Crippen LogP contribution in [0.15, 0.2) is 97.6 Å². The molecular weight excluding hydrogens is 420 g/mol. The molecule has 0 aliphatic heterocycles. The van der Waals surface area contributed by atoms with Crippen LogP contribution in [0.5, 0.6) is 0 Å². The van der Waals surface area contributed by atoms with Gasteiger partial charge in [-0.2, -0.15) is 0 Å². The van der Waals surface area contributed by atoms with E-state index < -0.39 is 0 Å². The lowest BCUT2D eigenvalue weighted by Crippen LogP contribution is -2.00. The minimum Gasteiger partial charge on any atom is -0.103 e. The molecule has 178 valence electrons. The molecule has 0 saturated heterocycles. The predicted molar refractivity (Wildman–Crippen MR) is 152 cm³/mol. The summed E-state index contributed by atoms with van der Waals surface area (Å²) in [6, 6.07) is 31.9. The van der Waals surface area contributed by atoms with E-state index in [9.17, 15) is 0 Å². The molecule has 35 heavy (non-hydrogen) atoms. The second-order valence-corrected chi connectivity index (χ2v) is 9.90. The van der Waals surface area contributed by atoms with Gasteiger partial charge in [0.05, 0.1) is 0 Å². The normalized spacial score (nSPS) is 10.9.